The van der Waals surface area contributed by atoms with Crippen LogP contribution in [0.4, 0.5) is 0 Å². The van der Waals surface area contributed by atoms with Gasteiger partial charge in [0.2, 0.25) is 11.8 Å². The molecule has 1 saturated heterocycles. The van der Waals surface area contributed by atoms with Crippen molar-refractivity contribution in [2.75, 3.05) is 18.8 Å². The number of nitrogens with zero attached hydrogens (tertiary/aromatic N) is 1. The Morgan fingerprint density at radius 1 is 1.29 bits per heavy atom. The first-order chi connectivity index (χ1) is 11.4. The van der Waals surface area contributed by atoms with Gasteiger partial charge in [-0.3, -0.25) is 9.59 Å². The van der Waals surface area contributed by atoms with Crippen LogP contribution < -0.4 is 5.32 Å². The molecule has 1 aliphatic carbocycles. The van der Waals surface area contributed by atoms with Gasteiger partial charge in [0, 0.05) is 24.8 Å². The predicted octanol–water partition coefficient (Wildman–Crippen LogP) is 3.60. The highest BCUT2D eigenvalue weighted by Crippen LogP contribution is 2.36. The van der Waals surface area contributed by atoms with Gasteiger partial charge < -0.3 is 10.2 Å². The van der Waals surface area contributed by atoms with Crippen molar-refractivity contribution < 1.29 is 9.59 Å². The van der Waals surface area contributed by atoms with E-state index >= 15 is 0 Å². The molecule has 5 heteroatoms. The molecule has 2 fully saturated rings. The lowest BCUT2D eigenvalue weighted by molar-refractivity contribution is -0.137. The van der Waals surface area contributed by atoms with Crippen molar-refractivity contribution in [3.8, 4) is 0 Å². The highest BCUT2D eigenvalue weighted by molar-refractivity contribution is 8.00. The molecule has 24 heavy (non-hydrogen) atoms. The van der Waals surface area contributed by atoms with Crippen molar-refractivity contribution in [3.05, 3.63) is 0 Å². The van der Waals surface area contributed by atoms with Crippen molar-refractivity contribution in [2.24, 2.45) is 5.92 Å². The Morgan fingerprint density at radius 2 is 2.00 bits per heavy atom. The molecule has 1 N–H and O–H groups in total. The molecule has 0 aromatic carbocycles. The second-order valence-electron chi connectivity index (χ2n) is 7.74. The van der Waals surface area contributed by atoms with Crippen LogP contribution in [0, 0.1) is 5.92 Å². The zero-order valence-corrected chi connectivity index (χ0v) is 16.4. The van der Waals surface area contributed by atoms with Gasteiger partial charge in [-0.1, -0.05) is 32.6 Å². The summed E-state index contributed by atoms with van der Waals surface area (Å²) in [7, 11) is 0. The molecule has 1 unspecified atom stereocenters. The molecule has 2 aliphatic rings. The van der Waals surface area contributed by atoms with Gasteiger partial charge in [-0.25, -0.2) is 0 Å². The molecule has 2 rings (SSSR count). The van der Waals surface area contributed by atoms with Crippen LogP contribution in [0.5, 0.6) is 0 Å². The average Bonchev–Trinajstić information content (AvgIpc) is 2.95. The molecule has 2 atom stereocenters. The van der Waals surface area contributed by atoms with Gasteiger partial charge in [-0.2, -0.15) is 11.8 Å². The molecule has 4 nitrogen and oxygen atoms in total. The molecule has 1 saturated carbocycles. The third-order valence-corrected chi connectivity index (χ3v) is 6.96. The first-order valence-electron chi connectivity index (χ1n) is 9.65. The summed E-state index contributed by atoms with van der Waals surface area (Å²) in [6.45, 7) is 7.68. The van der Waals surface area contributed by atoms with E-state index in [1.165, 1.54) is 44.8 Å². The van der Waals surface area contributed by atoms with Crippen molar-refractivity contribution in [1.82, 2.24) is 10.2 Å². The maximum absolute atomic E-state index is 13.1. The SMILES string of the molecule is CCCCSC1(C)CCN(C(=O)[C@@H](NC(C)=O)C2CCCCC2)C1. The fraction of sp³-hybridized carbons (Fsp3) is 0.895. The quantitative estimate of drug-likeness (QED) is 0.711. The summed E-state index contributed by atoms with van der Waals surface area (Å²) >= 11 is 2.01. The van der Waals surface area contributed by atoms with Gasteiger partial charge >= 0.3 is 0 Å². The Labute approximate surface area is 151 Å². The van der Waals surface area contributed by atoms with Crippen molar-refractivity contribution in [3.63, 3.8) is 0 Å². The summed E-state index contributed by atoms with van der Waals surface area (Å²) < 4.78 is 0.179. The van der Waals surface area contributed by atoms with Crippen LogP contribution in [0.1, 0.15) is 72.1 Å². The molecule has 0 radical (unpaired) electrons. The Morgan fingerprint density at radius 3 is 2.62 bits per heavy atom. The zero-order chi connectivity index (χ0) is 17.6. The fourth-order valence-corrected chi connectivity index (χ4v) is 5.38. The Kier molecular flexibility index (Phi) is 7.45. The maximum Gasteiger partial charge on any atom is 0.245 e. The largest absolute Gasteiger partial charge is 0.344 e. The Bertz CT molecular complexity index is 437. The lowest BCUT2D eigenvalue weighted by Gasteiger charge is -2.33. The van der Waals surface area contributed by atoms with Gasteiger partial charge in [0.05, 0.1) is 0 Å². The number of carbonyl (C=O) groups is 2. The molecule has 0 aromatic rings. The highest BCUT2D eigenvalue weighted by Gasteiger charge is 2.40. The van der Waals surface area contributed by atoms with Crippen LogP contribution in [0.25, 0.3) is 0 Å². The predicted molar refractivity (Wildman–Crippen MR) is 101 cm³/mol. The van der Waals surface area contributed by atoms with Crippen LogP contribution in [0.15, 0.2) is 0 Å². The van der Waals surface area contributed by atoms with E-state index in [2.05, 4.69) is 19.2 Å². The molecule has 1 heterocycles. The summed E-state index contributed by atoms with van der Waals surface area (Å²) in [4.78, 5) is 26.7. The lowest BCUT2D eigenvalue weighted by atomic mass is 9.83. The van der Waals surface area contributed by atoms with Crippen LogP contribution in [-0.2, 0) is 9.59 Å². The number of amides is 2. The number of nitrogens with one attached hydrogen (secondary N) is 1. The average molecular weight is 355 g/mol. The summed E-state index contributed by atoms with van der Waals surface area (Å²) in [5.41, 5.74) is 0. The molecule has 2 amide bonds. The second kappa shape index (κ2) is 9.12. The third kappa shape index (κ3) is 5.40. The van der Waals surface area contributed by atoms with Crippen molar-refractivity contribution in [1.29, 1.82) is 0 Å². The molecular weight excluding hydrogens is 320 g/mol. The van der Waals surface area contributed by atoms with E-state index in [4.69, 9.17) is 0 Å². The topological polar surface area (TPSA) is 49.4 Å². The van der Waals surface area contributed by atoms with Gasteiger partial charge in [-0.05, 0) is 44.3 Å². The second-order valence-corrected chi connectivity index (χ2v) is 9.42. The molecule has 0 spiro atoms. The normalized spacial score (nSPS) is 26.4. The number of hydrogen-bond donors (Lipinski definition) is 1. The summed E-state index contributed by atoms with van der Waals surface area (Å²) in [6, 6.07) is -0.314. The van der Waals surface area contributed by atoms with E-state index in [0.29, 0.717) is 5.92 Å². The third-order valence-electron chi connectivity index (χ3n) is 5.44. The Balaban J connectivity index is 1.97. The highest BCUT2D eigenvalue weighted by atomic mass is 32.2. The molecular formula is C19H34N2O2S. The number of rotatable bonds is 7. The van der Waals surface area contributed by atoms with Crippen LogP contribution in [-0.4, -0.2) is 46.3 Å². The summed E-state index contributed by atoms with van der Waals surface area (Å²) in [6.07, 6.45) is 9.26. The Hall–Kier alpha value is -0.710. The van der Waals surface area contributed by atoms with Crippen molar-refractivity contribution in [2.45, 2.75) is 82.9 Å². The van der Waals surface area contributed by atoms with Gasteiger partial charge in [-0.15, -0.1) is 0 Å². The minimum Gasteiger partial charge on any atom is -0.344 e. The van der Waals surface area contributed by atoms with E-state index in [1.807, 2.05) is 16.7 Å². The number of unbranched alkanes of at least 4 members (excludes halogenated alkanes) is 1. The minimum atomic E-state index is -0.314. The molecule has 0 bridgehead atoms. The van der Waals surface area contributed by atoms with Crippen LogP contribution in [0.3, 0.4) is 0 Å². The number of likely N-dealkylation sites (tertiary alicyclic amines) is 1. The van der Waals surface area contributed by atoms with Crippen LogP contribution >= 0.6 is 11.8 Å². The smallest absolute Gasteiger partial charge is 0.245 e. The molecule has 0 aromatic heterocycles. The summed E-state index contributed by atoms with van der Waals surface area (Å²) in [5, 5.41) is 2.97. The lowest BCUT2D eigenvalue weighted by Crippen LogP contribution is -2.52. The molecule has 1 aliphatic heterocycles. The number of carbonyl (C=O) groups excluding carboxylic acids is 2. The zero-order valence-electron chi connectivity index (χ0n) is 15.6. The van der Waals surface area contributed by atoms with Gasteiger partial charge in [0.1, 0.15) is 6.04 Å². The summed E-state index contributed by atoms with van der Waals surface area (Å²) in [5.74, 6) is 1.55. The molecule has 138 valence electrons. The van der Waals surface area contributed by atoms with E-state index in [0.717, 1.165) is 32.4 Å². The maximum atomic E-state index is 13.1. The van der Waals surface area contributed by atoms with E-state index in [-0.39, 0.29) is 22.6 Å². The van der Waals surface area contributed by atoms with E-state index in [9.17, 15) is 9.59 Å². The first-order valence-corrected chi connectivity index (χ1v) is 10.6. The number of hydrogen-bond acceptors (Lipinski definition) is 3. The van der Waals surface area contributed by atoms with E-state index in [1.54, 1.807) is 0 Å². The minimum absolute atomic E-state index is 0.0850. The van der Waals surface area contributed by atoms with Crippen molar-refractivity contribution >= 4 is 23.6 Å². The first kappa shape index (κ1) is 19.6. The monoisotopic (exact) mass is 354 g/mol. The fourth-order valence-electron chi connectivity index (χ4n) is 3.97. The number of thioether (sulfide) groups is 1. The van der Waals surface area contributed by atoms with E-state index < -0.39 is 0 Å². The van der Waals surface area contributed by atoms with Crippen LogP contribution in [0.2, 0.25) is 0 Å². The van der Waals surface area contributed by atoms with Gasteiger partial charge in [0.25, 0.3) is 0 Å². The standard InChI is InChI=1S/C19H34N2O2S/c1-4-5-13-24-19(3)11-12-21(14-19)18(23)17(20-15(2)22)16-9-7-6-8-10-16/h16-17H,4-14H2,1-3H3,(H,20,22)/t17-,19?/m0/s1. The van der Waals surface area contributed by atoms with Gasteiger partial charge in [0.15, 0.2) is 0 Å².